The van der Waals surface area contributed by atoms with Crippen molar-refractivity contribution in [3.63, 3.8) is 0 Å². The summed E-state index contributed by atoms with van der Waals surface area (Å²) < 4.78 is 0. The second kappa shape index (κ2) is 7.00. The van der Waals surface area contributed by atoms with Crippen molar-refractivity contribution < 1.29 is 5.11 Å². The summed E-state index contributed by atoms with van der Waals surface area (Å²) in [6, 6.07) is 8.98. The van der Waals surface area contributed by atoms with Gasteiger partial charge in [-0.05, 0) is 24.6 Å². The van der Waals surface area contributed by atoms with Crippen LogP contribution < -0.4 is 0 Å². The van der Waals surface area contributed by atoms with E-state index in [-0.39, 0.29) is 6.61 Å². The predicted octanol–water partition coefficient (Wildman–Crippen LogP) is 2.36. The van der Waals surface area contributed by atoms with Gasteiger partial charge in [0.15, 0.2) is 0 Å². The molecule has 1 aromatic carbocycles. The third-order valence-corrected chi connectivity index (χ3v) is 5.00. The van der Waals surface area contributed by atoms with Gasteiger partial charge in [0.05, 0.1) is 0 Å². The molecule has 0 saturated carbocycles. The third kappa shape index (κ3) is 4.01. The lowest BCUT2D eigenvalue weighted by molar-refractivity contribution is 0.204. The van der Waals surface area contributed by atoms with Crippen LogP contribution in [0, 0.1) is 11.8 Å². The second-order valence-corrected chi connectivity index (χ2v) is 6.43. The second-order valence-electron chi connectivity index (χ2n) is 4.94. The average Bonchev–Trinajstić information content (AvgIpc) is 2.43. The summed E-state index contributed by atoms with van der Waals surface area (Å²) in [7, 11) is 0. The standard InChI is InChI=1S/C16H21NOS/c1-13-14(2)19-11-9-17(13)12-16-7-5-15(6-8-16)4-3-10-18/h5-8,13-14,18H,9-12H2,1-2H3. The van der Waals surface area contributed by atoms with Crippen molar-refractivity contribution >= 4 is 11.8 Å². The first kappa shape index (κ1) is 14.5. The molecule has 1 fully saturated rings. The molecule has 0 amide bonds. The molecular formula is C16H21NOS. The van der Waals surface area contributed by atoms with Gasteiger partial charge in [-0.3, -0.25) is 4.90 Å². The molecule has 102 valence electrons. The zero-order valence-corrected chi connectivity index (χ0v) is 12.4. The lowest BCUT2D eigenvalue weighted by atomic mass is 10.1. The third-order valence-electron chi connectivity index (χ3n) is 3.67. The summed E-state index contributed by atoms with van der Waals surface area (Å²) in [5.74, 6) is 6.82. The molecule has 2 nitrogen and oxygen atoms in total. The monoisotopic (exact) mass is 275 g/mol. The molecule has 1 aliphatic rings. The molecule has 0 aliphatic carbocycles. The summed E-state index contributed by atoms with van der Waals surface area (Å²) in [6.07, 6.45) is 0. The largest absolute Gasteiger partial charge is 0.384 e. The molecule has 2 atom stereocenters. The molecule has 2 rings (SSSR count). The van der Waals surface area contributed by atoms with Crippen molar-refractivity contribution in [2.45, 2.75) is 31.7 Å². The predicted molar refractivity (Wildman–Crippen MR) is 82.2 cm³/mol. The van der Waals surface area contributed by atoms with Gasteiger partial charge in [0, 0.05) is 35.7 Å². The first-order valence-electron chi connectivity index (χ1n) is 6.75. The van der Waals surface area contributed by atoms with Crippen LogP contribution in [0.4, 0.5) is 0 Å². The summed E-state index contributed by atoms with van der Waals surface area (Å²) in [4.78, 5) is 2.55. The van der Waals surface area contributed by atoms with Gasteiger partial charge in [-0.2, -0.15) is 11.8 Å². The molecule has 0 bridgehead atoms. The smallest absolute Gasteiger partial charge is 0.104 e. The fraction of sp³-hybridized carbons (Fsp3) is 0.500. The van der Waals surface area contributed by atoms with Crippen LogP contribution in [0.3, 0.4) is 0 Å². The van der Waals surface area contributed by atoms with Crippen LogP contribution in [0.25, 0.3) is 0 Å². The molecule has 0 spiro atoms. The summed E-state index contributed by atoms with van der Waals surface area (Å²) in [5.41, 5.74) is 2.30. The Balaban J connectivity index is 1.99. The maximum absolute atomic E-state index is 8.67. The van der Waals surface area contributed by atoms with Crippen LogP contribution in [-0.2, 0) is 6.54 Å². The number of hydrogen-bond acceptors (Lipinski definition) is 3. The molecule has 1 saturated heterocycles. The lowest BCUT2D eigenvalue weighted by Gasteiger charge is -2.37. The van der Waals surface area contributed by atoms with E-state index >= 15 is 0 Å². The van der Waals surface area contributed by atoms with Crippen molar-refractivity contribution in [1.29, 1.82) is 0 Å². The Bertz CT molecular complexity index is 460. The number of thioether (sulfide) groups is 1. The van der Waals surface area contributed by atoms with Gasteiger partial charge in [-0.25, -0.2) is 0 Å². The topological polar surface area (TPSA) is 23.5 Å². The summed E-state index contributed by atoms with van der Waals surface area (Å²) >= 11 is 2.07. The van der Waals surface area contributed by atoms with Gasteiger partial charge in [0.1, 0.15) is 6.61 Å². The van der Waals surface area contributed by atoms with E-state index in [1.54, 1.807) is 0 Å². The van der Waals surface area contributed by atoms with Crippen molar-refractivity contribution in [3.05, 3.63) is 35.4 Å². The molecule has 3 heteroatoms. The van der Waals surface area contributed by atoms with E-state index < -0.39 is 0 Å². The highest BCUT2D eigenvalue weighted by Gasteiger charge is 2.24. The van der Waals surface area contributed by atoms with Crippen LogP contribution in [0.5, 0.6) is 0 Å². The Hall–Kier alpha value is -0.950. The normalized spacial score (nSPS) is 23.7. The van der Waals surface area contributed by atoms with E-state index in [4.69, 9.17) is 5.11 Å². The zero-order chi connectivity index (χ0) is 13.7. The fourth-order valence-electron chi connectivity index (χ4n) is 2.29. The molecule has 19 heavy (non-hydrogen) atoms. The van der Waals surface area contributed by atoms with E-state index in [9.17, 15) is 0 Å². The van der Waals surface area contributed by atoms with Crippen LogP contribution in [0.1, 0.15) is 25.0 Å². The zero-order valence-electron chi connectivity index (χ0n) is 11.6. The van der Waals surface area contributed by atoms with Crippen LogP contribution >= 0.6 is 11.8 Å². The Morgan fingerprint density at radius 1 is 1.32 bits per heavy atom. The maximum Gasteiger partial charge on any atom is 0.104 e. The van der Waals surface area contributed by atoms with Gasteiger partial charge in [0.2, 0.25) is 0 Å². The van der Waals surface area contributed by atoms with E-state index in [0.717, 1.165) is 12.1 Å². The highest BCUT2D eigenvalue weighted by molar-refractivity contribution is 8.00. The van der Waals surface area contributed by atoms with E-state index in [2.05, 4.69) is 54.5 Å². The fourth-order valence-corrected chi connectivity index (χ4v) is 3.45. The van der Waals surface area contributed by atoms with Crippen LogP contribution in [0.15, 0.2) is 24.3 Å². The Labute approximate surface area is 120 Å². The molecule has 2 unspecified atom stereocenters. The summed E-state index contributed by atoms with van der Waals surface area (Å²) in [6.45, 7) is 6.73. The highest BCUT2D eigenvalue weighted by Crippen LogP contribution is 2.25. The maximum atomic E-state index is 8.67. The van der Waals surface area contributed by atoms with Crippen molar-refractivity contribution in [1.82, 2.24) is 4.90 Å². The number of nitrogens with zero attached hydrogens (tertiary/aromatic N) is 1. The Morgan fingerprint density at radius 3 is 2.74 bits per heavy atom. The number of hydrogen-bond donors (Lipinski definition) is 1. The molecule has 1 heterocycles. The van der Waals surface area contributed by atoms with Gasteiger partial charge in [-0.1, -0.05) is 30.9 Å². The molecule has 1 aromatic rings. The number of aliphatic hydroxyl groups excluding tert-OH is 1. The molecule has 1 aliphatic heterocycles. The summed E-state index contributed by atoms with van der Waals surface area (Å²) in [5, 5.41) is 9.38. The number of benzene rings is 1. The minimum Gasteiger partial charge on any atom is -0.384 e. The van der Waals surface area contributed by atoms with E-state index in [1.807, 2.05) is 12.1 Å². The van der Waals surface area contributed by atoms with Crippen LogP contribution in [-0.4, -0.2) is 40.2 Å². The first-order valence-corrected chi connectivity index (χ1v) is 7.80. The van der Waals surface area contributed by atoms with Crippen molar-refractivity contribution in [3.8, 4) is 11.8 Å². The van der Waals surface area contributed by atoms with Crippen molar-refractivity contribution in [2.24, 2.45) is 0 Å². The minimum atomic E-state index is -0.0808. The SMILES string of the molecule is CC1SCCN(Cc2ccc(C#CCO)cc2)C1C. The first-order chi connectivity index (χ1) is 9.20. The van der Waals surface area contributed by atoms with Crippen LogP contribution in [0.2, 0.25) is 0 Å². The lowest BCUT2D eigenvalue weighted by Crippen LogP contribution is -2.43. The highest BCUT2D eigenvalue weighted by atomic mass is 32.2. The molecule has 1 N–H and O–H groups in total. The van der Waals surface area contributed by atoms with Gasteiger partial charge in [-0.15, -0.1) is 0 Å². The Morgan fingerprint density at radius 2 is 2.05 bits per heavy atom. The minimum absolute atomic E-state index is 0.0808. The number of rotatable bonds is 2. The van der Waals surface area contributed by atoms with Gasteiger partial charge >= 0.3 is 0 Å². The van der Waals surface area contributed by atoms with Gasteiger partial charge in [0.25, 0.3) is 0 Å². The molecule has 0 aromatic heterocycles. The Kier molecular flexibility index (Phi) is 5.33. The van der Waals surface area contributed by atoms with E-state index in [0.29, 0.717) is 11.3 Å². The quantitative estimate of drug-likeness (QED) is 0.838. The molecule has 0 radical (unpaired) electrons. The van der Waals surface area contributed by atoms with Crippen molar-refractivity contribution in [2.75, 3.05) is 18.9 Å². The number of aliphatic hydroxyl groups is 1. The molecular weight excluding hydrogens is 254 g/mol. The van der Waals surface area contributed by atoms with Gasteiger partial charge < -0.3 is 5.11 Å². The van der Waals surface area contributed by atoms with E-state index in [1.165, 1.54) is 17.9 Å². The average molecular weight is 275 g/mol.